The van der Waals surface area contributed by atoms with Gasteiger partial charge >= 0.3 is 0 Å². The highest BCUT2D eigenvalue weighted by atomic mass is 14.0. The van der Waals surface area contributed by atoms with Crippen LogP contribution in [-0.2, 0) is 0 Å². The molecule has 1 aromatic rings. The molecule has 0 N–H and O–H groups in total. The van der Waals surface area contributed by atoms with Gasteiger partial charge in [0.25, 0.3) is 0 Å². The van der Waals surface area contributed by atoms with Gasteiger partial charge in [-0.15, -0.1) is 0 Å². The molecule has 1 aromatic carbocycles. The number of allylic oxidation sites excluding steroid dienone is 1. The van der Waals surface area contributed by atoms with E-state index in [1.165, 1.54) is 16.7 Å². The van der Waals surface area contributed by atoms with Gasteiger partial charge in [0.05, 0.1) is 0 Å². The zero-order chi connectivity index (χ0) is 10.3. The van der Waals surface area contributed by atoms with Gasteiger partial charge in [0.1, 0.15) is 0 Å². The molecule has 0 saturated heterocycles. The van der Waals surface area contributed by atoms with Crippen LogP contribution in [0.4, 0.5) is 0 Å². The molecule has 0 aliphatic carbocycles. The molecule has 0 unspecified atom stereocenters. The maximum absolute atomic E-state index is 2.16. The quantitative estimate of drug-likeness (QED) is 0.596. The normalized spacial score (nSPS) is 9.62. The summed E-state index contributed by atoms with van der Waals surface area (Å²) >= 11 is 0. The van der Waals surface area contributed by atoms with Crippen molar-refractivity contribution in [2.24, 2.45) is 0 Å². The molecule has 0 spiro atoms. The van der Waals surface area contributed by atoms with E-state index in [4.69, 9.17) is 0 Å². The number of hydrogen-bond donors (Lipinski definition) is 0. The van der Waals surface area contributed by atoms with Crippen LogP contribution in [0.2, 0.25) is 0 Å². The minimum Gasteiger partial charge on any atom is -0.0871 e. The first-order chi connectivity index (χ1) is 6.25. The molecule has 0 aliphatic heterocycles. The van der Waals surface area contributed by atoms with E-state index in [2.05, 4.69) is 44.2 Å². The van der Waals surface area contributed by atoms with E-state index in [1.54, 1.807) is 0 Å². The number of aryl methyl sites for hydroxylation is 1. The lowest BCUT2D eigenvalue weighted by atomic mass is 10.0. The van der Waals surface area contributed by atoms with Crippen molar-refractivity contribution in [1.29, 1.82) is 0 Å². The first-order valence-electron chi connectivity index (χ1n) is 4.94. The van der Waals surface area contributed by atoms with Gasteiger partial charge in [0, 0.05) is 0 Å². The Hall–Kier alpha value is -1.04. The summed E-state index contributed by atoms with van der Waals surface area (Å²) in [7, 11) is 0. The zero-order valence-electron chi connectivity index (χ0n) is 9.39. The summed E-state index contributed by atoms with van der Waals surface area (Å²) < 4.78 is 0. The molecular formula is C13H20. The summed E-state index contributed by atoms with van der Waals surface area (Å²) in [4.78, 5) is 0. The van der Waals surface area contributed by atoms with Crippen LogP contribution in [-0.4, -0.2) is 0 Å². The zero-order valence-corrected chi connectivity index (χ0v) is 9.39. The van der Waals surface area contributed by atoms with E-state index in [0.29, 0.717) is 0 Å². The van der Waals surface area contributed by atoms with E-state index < -0.39 is 0 Å². The van der Waals surface area contributed by atoms with Crippen molar-refractivity contribution in [1.82, 2.24) is 0 Å². The molecule has 72 valence electrons. The molecule has 0 nitrogen and oxygen atoms in total. The molecule has 0 fully saturated rings. The minimum atomic E-state index is 1.33. The first-order valence-corrected chi connectivity index (χ1v) is 4.94. The summed E-state index contributed by atoms with van der Waals surface area (Å²) in [6.45, 7) is 10.3. The largest absolute Gasteiger partial charge is 0.0871 e. The Morgan fingerprint density at radius 2 is 1.69 bits per heavy atom. The maximum Gasteiger partial charge on any atom is -0.0228 e. The highest BCUT2D eigenvalue weighted by molar-refractivity contribution is 5.54. The van der Waals surface area contributed by atoms with Crippen LogP contribution < -0.4 is 0 Å². The smallest absolute Gasteiger partial charge is 0.0228 e. The second-order valence-corrected chi connectivity index (χ2v) is 2.79. The van der Waals surface area contributed by atoms with Gasteiger partial charge < -0.3 is 0 Å². The molecule has 0 radical (unpaired) electrons. The predicted octanol–water partition coefficient (Wildman–Crippen LogP) is 4.36. The fourth-order valence-electron chi connectivity index (χ4n) is 1.13. The summed E-state index contributed by atoms with van der Waals surface area (Å²) in [6.07, 6.45) is 4.21. The minimum absolute atomic E-state index is 1.33. The van der Waals surface area contributed by atoms with Crippen molar-refractivity contribution in [3.05, 3.63) is 41.0 Å². The van der Waals surface area contributed by atoms with Crippen LogP contribution in [0.5, 0.6) is 0 Å². The van der Waals surface area contributed by atoms with Crippen LogP contribution in [0.3, 0.4) is 0 Å². The van der Waals surface area contributed by atoms with Gasteiger partial charge in [0.2, 0.25) is 0 Å². The second kappa shape index (κ2) is 6.47. The average Bonchev–Trinajstić information content (AvgIpc) is 2.17. The Bertz CT molecular complexity index is 269. The summed E-state index contributed by atoms with van der Waals surface area (Å²) in [5.41, 5.74) is 4.07. The van der Waals surface area contributed by atoms with Crippen molar-refractivity contribution < 1.29 is 0 Å². The molecule has 0 saturated carbocycles. The fraction of sp³-hybridized carbons (Fsp3) is 0.385. The van der Waals surface area contributed by atoms with Crippen LogP contribution in [0.1, 0.15) is 37.5 Å². The highest BCUT2D eigenvalue weighted by Crippen LogP contribution is 2.13. The first kappa shape index (κ1) is 12.0. The lowest BCUT2D eigenvalue weighted by molar-refractivity contribution is 1.32. The second-order valence-electron chi connectivity index (χ2n) is 2.79. The Kier molecular flexibility index (Phi) is 5.96. The monoisotopic (exact) mass is 176 g/mol. The standard InChI is InChI=1S/C11H14.C2H6/c1-4-6-11-8-5-7-9(2)10(11)3;1-2/h4-8H,1-3H3;1-2H3/b6-4-;. The SMILES string of the molecule is C/C=C\c1cccc(C)c1C.CC. The summed E-state index contributed by atoms with van der Waals surface area (Å²) in [5, 5.41) is 0. The highest BCUT2D eigenvalue weighted by Gasteiger charge is 1.94. The van der Waals surface area contributed by atoms with Gasteiger partial charge in [-0.05, 0) is 37.5 Å². The van der Waals surface area contributed by atoms with Crippen molar-refractivity contribution in [3.63, 3.8) is 0 Å². The number of rotatable bonds is 1. The molecule has 13 heavy (non-hydrogen) atoms. The van der Waals surface area contributed by atoms with Gasteiger partial charge in [-0.2, -0.15) is 0 Å². The third-order valence-electron chi connectivity index (χ3n) is 1.99. The Morgan fingerprint density at radius 1 is 1.08 bits per heavy atom. The van der Waals surface area contributed by atoms with Crippen molar-refractivity contribution in [2.45, 2.75) is 34.6 Å². The Labute approximate surface area is 82.3 Å². The molecule has 1 rings (SSSR count). The van der Waals surface area contributed by atoms with E-state index in [0.717, 1.165) is 0 Å². The van der Waals surface area contributed by atoms with Crippen LogP contribution >= 0.6 is 0 Å². The maximum atomic E-state index is 2.16. The molecule has 0 amide bonds. The van der Waals surface area contributed by atoms with E-state index in [9.17, 15) is 0 Å². The molecular weight excluding hydrogens is 156 g/mol. The van der Waals surface area contributed by atoms with E-state index >= 15 is 0 Å². The molecule has 0 heteroatoms. The van der Waals surface area contributed by atoms with E-state index in [-0.39, 0.29) is 0 Å². The average molecular weight is 176 g/mol. The van der Waals surface area contributed by atoms with Crippen LogP contribution in [0, 0.1) is 13.8 Å². The van der Waals surface area contributed by atoms with Crippen LogP contribution in [0.15, 0.2) is 24.3 Å². The molecule has 0 aromatic heterocycles. The van der Waals surface area contributed by atoms with Crippen LogP contribution in [0.25, 0.3) is 6.08 Å². The molecule has 0 bridgehead atoms. The van der Waals surface area contributed by atoms with Gasteiger partial charge in [-0.1, -0.05) is 44.2 Å². The third-order valence-corrected chi connectivity index (χ3v) is 1.99. The molecule has 0 aliphatic rings. The molecule has 0 atom stereocenters. The van der Waals surface area contributed by atoms with Gasteiger partial charge in [0.15, 0.2) is 0 Å². The van der Waals surface area contributed by atoms with Gasteiger partial charge in [-0.3, -0.25) is 0 Å². The summed E-state index contributed by atoms with van der Waals surface area (Å²) in [6, 6.07) is 6.38. The third kappa shape index (κ3) is 3.45. The lowest BCUT2D eigenvalue weighted by Crippen LogP contribution is -1.83. The summed E-state index contributed by atoms with van der Waals surface area (Å²) in [5.74, 6) is 0. The fourth-order valence-corrected chi connectivity index (χ4v) is 1.13. The number of hydrogen-bond acceptors (Lipinski definition) is 0. The van der Waals surface area contributed by atoms with Crippen molar-refractivity contribution in [3.8, 4) is 0 Å². The van der Waals surface area contributed by atoms with Crippen molar-refractivity contribution in [2.75, 3.05) is 0 Å². The van der Waals surface area contributed by atoms with E-state index in [1.807, 2.05) is 20.8 Å². The predicted molar refractivity (Wildman–Crippen MR) is 62.0 cm³/mol. The lowest BCUT2D eigenvalue weighted by Gasteiger charge is -2.02. The Morgan fingerprint density at radius 3 is 2.23 bits per heavy atom. The molecule has 0 heterocycles. The van der Waals surface area contributed by atoms with Crippen molar-refractivity contribution >= 4 is 6.08 Å². The number of benzene rings is 1. The Balaban J connectivity index is 0.000000671. The van der Waals surface area contributed by atoms with Gasteiger partial charge in [-0.25, -0.2) is 0 Å². The topological polar surface area (TPSA) is 0 Å².